The molecule has 0 N–H and O–H groups in total. The highest BCUT2D eigenvalue weighted by atomic mass is 16.6. The Labute approximate surface area is 104 Å². The normalized spacial score (nSPS) is 9.89. The molecule has 1 rings (SSSR count). The monoisotopic (exact) mass is 250 g/mol. The summed E-state index contributed by atoms with van der Waals surface area (Å²) in [7, 11) is 0. The highest BCUT2D eigenvalue weighted by molar-refractivity contribution is 5.96. The number of nitrogens with zero attached hydrogens (tertiary/aromatic N) is 2. The Balaban J connectivity index is 3.19. The van der Waals surface area contributed by atoms with E-state index in [1.807, 2.05) is 13.8 Å². The van der Waals surface area contributed by atoms with E-state index < -0.39 is 4.92 Å². The average molecular weight is 250 g/mol. The van der Waals surface area contributed by atoms with E-state index in [1.165, 1.54) is 12.1 Å². The van der Waals surface area contributed by atoms with Crippen molar-refractivity contribution >= 4 is 17.9 Å². The van der Waals surface area contributed by atoms with Gasteiger partial charge < -0.3 is 4.90 Å². The molecule has 0 heterocycles. The Hall–Kier alpha value is -2.24. The SMILES string of the molecule is CCN(CC)C(=O)c1ccc(C=O)c([N+](=O)[O-])c1. The minimum atomic E-state index is -0.664. The van der Waals surface area contributed by atoms with Crippen LogP contribution < -0.4 is 0 Å². The van der Waals surface area contributed by atoms with Crippen LogP contribution in [0.25, 0.3) is 0 Å². The van der Waals surface area contributed by atoms with Crippen molar-refractivity contribution in [1.29, 1.82) is 0 Å². The summed E-state index contributed by atoms with van der Waals surface area (Å²) >= 11 is 0. The summed E-state index contributed by atoms with van der Waals surface area (Å²) in [4.78, 5) is 34.3. The molecule has 0 spiro atoms. The van der Waals surface area contributed by atoms with Crippen molar-refractivity contribution in [3.8, 4) is 0 Å². The smallest absolute Gasteiger partial charge is 0.280 e. The molecular formula is C12H14N2O4. The first-order valence-corrected chi connectivity index (χ1v) is 5.58. The van der Waals surface area contributed by atoms with Crippen molar-refractivity contribution in [2.24, 2.45) is 0 Å². The van der Waals surface area contributed by atoms with E-state index in [0.29, 0.717) is 19.4 Å². The molecule has 1 aromatic rings. The Morgan fingerprint density at radius 3 is 2.44 bits per heavy atom. The van der Waals surface area contributed by atoms with E-state index in [4.69, 9.17) is 0 Å². The van der Waals surface area contributed by atoms with Gasteiger partial charge in [-0.15, -0.1) is 0 Å². The molecule has 0 aliphatic carbocycles. The van der Waals surface area contributed by atoms with Gasteiger partial charge in [-0.25, -0.2) is 0 Å². The molecule has 18 heavy (non-hydrogen) atoms. The van der Waals surface area contributed by atoms with Gasteiger partial charge in [0.15, 0.2) is 6.29 Å². The second kappa shape index (κ2) is 5.90. The second-order valence-electron chi connectivity index (χ2n) is 3.63. The molecule has 0 aliphatic rings. The number of hydrogen-bond donors (Lipinski definition) is 0. The number of carbonyl (C=O) groups excluding carboxylic acids is 2. The van der Waals surface area contributed by atoms with Gasteiger partial charge in [0.1, 0.15) is 0 Å². The van der Waals surface area contributed by atoms with Crippen LogP contribution in [0.1, 0.15) is 34.6 Å². The Bertz CT molecular complexity index is 481. The van der Waals surface area contributed by atoms with Gasteiger partial charge in [0.25, 0.3) is 11.6 Å². The van der Waals surface area contributed by atoms with E-state index >= 15 is 0 Å². The fourth-order valence-corrected chi connectivity index (χ4v) is 1.63. The predicted molar refractivity (Wildman–Crippen MR) is 65.7 cm³/mol. The lowest BCUT2D eigenvalue weighted by Gasteiger charge is -2.18. The van der Waals surface area contributed by atoms with E-state index in [0.717, 1.165) is 6.07 Å². The van der Waals surface area contributed by atoms with Crippen LogP contribution in [0.15, 0.2) is 18.2 Å². The van der Waals surface area contributed by atoms with E-state index in [9.17, 15) is 19.7 Å². The number of nitro benzene ring substituents is 1. The lowest BCUT2D eigenvalue weighted by atomic mass is 10.1. The van der Waals surface area contributed by atoms with Crippen LogP contribution in [-0.4, -0.2) is 35.1 Å². The second-order valence-corrected chi connectivity index (χ2v) is 3.63. The summed E-state index contributed by atoms with van der Waals surface area (Å²) in [5, 5.41) is 10.8. The zero-order valence-corrected chi connectivity index (χ0v) is 10.3. The molecule has 6 nitrogen and oxygen atoms in total. The van der Waals surface area contributed by atoms with Gasteiger partial charge in [0.05, 0.1) is 10.5 Å². The number of hydrogen-bond acceptors (Lipinski definition) is 4. The molecule has 0 aliphatic heterocycles. The maximum absolute atomic E-state index is 12.0. The van der Waals surface area contributed by atoms with Gasteiger partial charge in [-0.2, -0.15) is 0 Å². The van der Waals surface area contributed by atoms with Gasteiger partial charge >= 0.3 is 0 Å². The molecule has 96 valence electrons. The standard InChI is InChI=1S/C12H14N2O4/c1-3-13(4-2)12(16)9-5-6-10(8-15)11(7-9)14(17)18/h5-8H,3-4H2,1-2H3. The number of aldehydes is 1. The third-order valence-electron chi connectivity index (χ3n) is 2.65. The van der Waals surface area contributed by atoms with Gasteiger partial charge in [-0.3, -0.25) is 19.7 Å². The Morgan fingerprint density at radius 2 is 2.00 bits per heavy atom. The van der Waals surface area contributed by atoms with Crippen molar-refractivity contribution in [2.75, 3.05) is 13.1 Å². The lowest BCUT2D eigenvalue weighted by molar-refractivity contribution is -0.385. The zero-order chi connectivity index (χ0) is 13.7. The van der Waals surface area contributed by atoms with Gasteiger partial charge in [-0.1, -0.05) is 0 Å². The molecule has 0 saturated carbocycles. The van der Waals surface area contributed by atoms with Crippen molar-refractivity contribution in [3.05, 3.63) is 39.4 Å². The fraction of sp³-hybridized carbons (Fsp3) is 0.333. The molecule has 0 atom stereocenters. The fourth-order valence-electron chi connectivity index (χ4n) is 1.63. The molecule has 0 radical (unpaired) electrons. The van der Waals surface area contributed by atoms with Crippen LogP contribution in [0.3, 0.4) is 0 Å². The third kappa shape index (κ3) is 2.71. The molecule has 6 heteroatoms. The van der Waals surface area contributed by atoms with E-state index in [2.05, 4.69) is 0 Å². The Morgan fingerprint density at radius 1 is 1.39 bits per heavy atom. The quantitative estimate of drug-likeness (QED) is 0.454. The van der Waals surface area contributed by atoms with Crippen molar-refractivity contribution in [2.45, 2.75) is 13.8 Å². The minimum absolute atomic E-state index is 0.0314. The first-order chi connectivity index (χ1) is 8.54. The maximum Gasteiger partial charge on any atom is 0.280 e. The third-order valence-corrected chi connectivity index (χ3v) is 2.65. The summed E-state index contributed by atoms with van der Waals surface area (Å²) in [6.07, 6.45) is 0.407. The molecule has 1 aromatic carbocycles. The molecular weight excluding hydrogens is 236 g/mol. The molecule has 0 unspecified atom stereocenters. The van der Waals surface area contributed by atoms with Crippen LogP contribution in [0.5, 0.6) is 0 Å². The molecule has 0 fully saturated rings. The Kier molecular flexibility index (Phi) is 4.53. The summed E-state index contributed by atoms with van der Waals surface area (Å²) in [6, 6.07) is 3.86. The number of carbonyl (C=O) groups is 2. The van der Waals surface area contributed by atoms with Crippen LogP contribution in [-0.2, 0) is 0 Å². The summed E-state index contributed by atoms with van der Waals surface area (Å²) in [6.45, 7) is 4.71. The summed E-state index contributed by atoms with van der Waals surface area (Å²) < 4.78 is 0. The van der Waals surface area contributed by atoms with E-state index in [-0.39, 0.29) is 22.7 Å². The highest BCUT2D eigenvalue weighted by Crippen LogP contribution is 2.19. The average Bonchev–Trinajstić information content (AvgIpc) is 2.39. The summed E-state index contributed by atoms with van der Waals surface area (Å²) in [5.74, 6) is -0.277. The molecule has 0 saturated heterocycles. The van der Waals surface area contributed by atoms with Crippen LogP contribution in [0.2, 0.25) is 0 Å². The van der Waals surface area contributed by atoms with Gasteiger partial charge in [0.2, 0.25) is 0 Å². The molecule has 0 bridgehead atoms. The van der Waals surface area contributed by atoms with E-state index in [1.54, 1.807) is 4.90 Å². The molecule has 1 amide bonds. The first kappa shape index (κ1) is 13.8. The number of nitro groups is 1. The number of benzene rings is 1. The van der Waals surface area contributed by atoms with Crippen LogP contribution in [0, 0.1) is 10.1 Å². The van der Waals surface area contributed by atoms with Gasteiger partial charge in [-0.05, 0) is 26.0 Å². The van der Waals surface area contributed by atoms with Gasteiger partial charge in [0, 0.05) is 24.7 Å². The number of rotatable bonds is 5. The minimum Gasteiger partial charge on any atom is -0.339 e. The largest absolute Gasteiger partial charge is 0.339 e. The maximum atomic E-state index is 12.0. The lowest BCUT2D eigenvalue weighted by Crippen LogP contribution is -2.30. The van der Waals surface area contributed by atoms with Crippen LogP contribution in [0.4, 0.5) is 5.69 Å². The first-order valence-electron chi connectivity index (χ1n) is 5.58. The molecule has 0 aromatic heterocycles. The van der Waals surface area contributed by atoms with Crippen molar-refractivity contribution in [1.82, 2.24) is 4.90 Å². The van der Waals surface area contributed by atoms with Crippen LogP contribution >= 0.6 is 0 Å². The topological polar surface area (TPSA) is 80.5 Å². The highest BCUT2D eigenvalue weighted by Gasteiger charge is 2.19. The van der Waals surface area contributed by atoms with Crippen molar-refractivity contribution in [3.63, 3.8) is 0 Å². The zero-order valence-electron chi connectivity index (χ0n) is 10.3. The number of amides is 1. The predicted octanol–water partition coefficient (Wildman–Crippen LogP) is 1.89. The van der Waals surface area contributed by atoms with Crippen molar-refractivity contribution < 1.29 is 14.5 Å². The summed E-state index contributed by atoms with van der Waals surface area (Å²) in [5.41, 5.74) is -0.157.